The van der Waals surface area contributed by atoms with Crippen LogP contribution in [0.3, 0.4) is 0 Å². The molecule has 0 aromatic heterocycles. The van der Waals surface area contributed by atoms with Crippen LogP contribution in [-0.2, 0) is 9.53 Å². The minimum Gasteiger partial charge on any atom is -0.457 e. The second-order valence-electron chi connectivity index (χ2n) is 4.54. The number of cyclic esters (lactones) is 1. The molecule has 0 radical (unpaired) electrons. The van der Waals surface area contributed by atoms with E-state index in [2.05, 4.69) is 12.1 Å². The van der Waals surface area contributed by atoms with Crippen LogP contribution in [0.25, 0.3) is 0 Å². The lowest BCUT2D eigenvalue weighted by Gasteiger charge is -2.18. The Morgan fingerprint density at radius 1 is 0.833 bits per heavy atom. The van der Waals surface area contributed by atoms with Crippen LogP contribution in [0, 0.1) is 0 Å². The summed E-state index contributed by atoms with van der Waals surface area (Å²) < 4.78 is 5.48. The first-order valence-electron chi connectivity index (χ1n) is 6.14. The summed E-state index contributed by atoms with van der Waals surface area (Å²) in [7, 11) is 0. The maximum atomic E-state index is 11.6. The third-order valence-electron chi connectivity index (χ3n) is 3.37. The molecule has 0 saturated carbocycles. The summed E-state index contributed by atoms with van der Waals surface area (Å²) in [5.74, 6) is 0.0128. The second-order valence-corrected chi connectivity index (χ2v) is 4.54. The van der Waals surface area contributed by atoms with Crippen LogP contribution in [0.15, 0.2) is 60.7 Å². The predicted octanol–water partition coefficient (Wildman–Crippen LogP) is 3.46. The first-order chi connectivity index (χ1) is 8.84. The fraction of sp³-hybridized carbons (Fsp3) is 0.188. The van der Waals surface area contributed by atoms with Gasteiger partial charge in [0.05, 0.1) is 6.42 Å². The third-order valence-corrected chi connectivity index (χ3v) is 3.37. The monoisotopic (exact) mass is 238 g/mol. The van der Waals surface area contributed by atoms with E-state index in [0.29, 0.717) is 6.42 Å². The highest BCUT2D eigenvalue weighted by molar-refractivity contribution is 5.74. The maximum Gasteiger partial charge on any atom is 0.307 e. The molecular formula is C16H14O2. The molecule has 18 heavy (non-hydrogen) atoms. The summed E-state index contributed by atoms with van der Waals surface area (Å²) in [5.41, 5.74) is 2.23. The van der Waals surface area contributed by atoms with Crippen LogP contribution in [0.5, 0.6) is 0 Å². The van der Waals surface area contributed by atoms with E-state index in [1.807, 2.05) is 48.5 Å². The predicted molar refractivity (Wildman–Crippen MR) is 69.1 cm³/mol. The molecule has 2 heteroatoms. The normalized spacial score (nSPS) is 22.8. The Morgan fingerprint density at radius 3 is 2.00 bits per heavy atom. The zero-order valence-electron chi connectivity index (χ0n) is 9.95. The van der Waals surface area contributed by atoms with Gasteiger partial charge in [0.1, 0.15) is 6.10 Å². The minimum absolute atomic E-state index is 0.113. The van der Waals surface area contributed by atoms with Gasteiger partial charge >= 0.3 is 5.97 Å². The number of carbonyl (C=O) groups is 1. The van der Waals surface area contributed by atoms with Crippen molar-refractivity contribution < 1.29 is 9.53 Å². The van der Waals surface area contributed by atoms with E-state index >= 15 is 0 Å². The first-order valence-corrected chi connectivity index (χ1v) is 6.14. The Kier molecular flexibility index (Phi) is 2.85. The summed E-state index contributed by atoms with van der Waals surface area (Å²) in [4.78, 5) is 11.6. The van der Waals surface area contributed by atoms with Crippen molar-refractivity contribution in [2.45, 2.75) is 18.4 Å². The first kappa shape index (κ1) is 11.0. The summed E-state index contributed by atoms with van der Waals surface area (Å²) in [6, 6.07) is 20.0. The molecule has 2 nitrogen and oxygen atoms in total. The molecule has 0 amide bonds. The van der Waals surface area contributed by atoms with E-state index in [-0.39, 0.29) is 18.0 Å². The second kappa shape index (κ2) is 4.65. The quantitative estimate of drug-likeness (QED) is 0.749. The number of ether oxygens (including phenoxy) is 1. The van der Waals surface area contributed by atoms with Crippen molar-refractivity contribution in [1.29, 1.82) is 0 Å². The molecule has 2 aromatic rings. The van der Waals surface area contributed by atoms with Gasteiger partial charge in [0.2, 0.25) is 0 Å². The molecule has 0 spiro atoms. The molecule has 0 bridgehead atoms. The highest BCUT2D eigenvalue weighted by Crippen LogP contribution is 2.41. The van der Waals surface area contributed by atoms with Gasteiger partial charge in [-0.25, -0.2) is 0 Å². The maximum absolute atomic E-state index is 11.6. The van der Waals surface area contributed by atoms with Crippen molar-refractivity contribution in [2.24, 2.45) is 0 Å². The molecule has 1 aliphatic rings. The van der Waals surface area contributed by atoms with Gasteiger partial charge in [0.25, 0.3) is 0 Å². The summed E-state index contributed by atoms with van der Waals surface area (Å²) in [6.45, 7) is 0. The molecule has 2 atom stereocenters. The highest BCUT2D eigenvalue weighted by Gasteiger charge is 2.36. The van der Waals surface area contributed by atoms with Gasteiger partial charge in [0.15, 0.2) is 0 Å². The van der Waals surface area contributed by atoms with Gasteiger partial charge < -0.3 is 4.74 Å². The van der Waals surface area contributed by atoms with Crippen LogP contribution in [0.4, 0.5) is 0 Å². The summed E-state index contributed by atoms with van der Waals surface area (Å²) >= 11 is 0. The Hall–Kier alpha value is -2.09. The number of hydrogen-bond acceptors (Lipinski definition) is 2. The van der Waals surface area contributed by atoms with E-state index < -0.39 is 0 Å². The van der Waals surface area contributed by atoms with E-state index in [4.69, 9.17) is 4.74 Å². The van der Waals surface area contributed by atoms with Crippen LogP contribution in [0.2, 0.25) is 0 Å². The van der Waals surface area contributed by atoms with Crippen molar-refractivity contribution in [3.63, 3.8) is 0 Å². The SMILES string of the molecule is O=C1CC(c2ccccc2)C(c2ccccc2)O1. The number of hydrogen-bond donors (Lipinski definition) is 0. The van der Waals surface area contributed by atoms with Crippen LogP contribution in [-0.4, -0.2) is 5.97 Å². The molecule has 90 valence electrons. The van der Waals surface area contributed by atoms with Crippen molar-refractivity contribution in [3.05, 3.63) is 71.8 Å². The van der Waals surface area contributed by atoms with E-state index in [1.165, 1.54) is 0 Å². The van der Waals surface area contributed by atoms with Gasteiger partial charge in [-0.05, 0) is 11.1 Å². The van der Waals surface area contributed by atoms with Crippen LogP contribution >= 0.6 is 0 Å². The standard InChI is InChI=1S/C16H14O2/c17-15-11-14(12-7-3-1-4-8-12)16(18-15)13-9-5-2-6-10-13/h1-10,14,16H,11H2. The smallest absolute Gasteiger partial charge is 0.307 e. The fourth-order valence-electron chi connectivity index (χ4n) is 2.49. The molecule has 1 fully saturated rings. The molecule has 1 heterocycles. The molecule has 1 aliphatic heterocycles. The lowest BCUT2D eigenvalue weighted by molar-refractivity contribution is -0.141. The molecule has 1 saturated heterocycles. The Balaban J connectivity index is 1.96. The zero-order valence-corrected chi connectivity index (χ0v) is 9.95. The van der Waals surface area contributed by atoms with Gasteiger partial charge in [-0.15, -0.1) is 0 Å². The average molecular weight is 238 g/mol. The summed E-state index contributed by atoms with van der Waals surface area (Å²) in [5, 5.41) is 0. The van der Waals surface area contributed by atoms with E-state index in [0.717, 1.165) is 11.1 Å². The van der Waals surface area contributed by atoms with Gasteiger partial charge in [-0.1, -0.05) is 60.7 Å². The van der Waals surface area contributed by atoms with Crippen molar-refractivity contribution >= 4 is 5.97 Å². The van der Waals surface area contributed by atoms with E-state index in [1.54, 1.807) is 0 Å². The number of carbonyl (C=O) groups excluding carboxylic acids is 1. The molecule has 0 N–H and O–H groups in total. The van der Waals surface area contributed by atoms with Crippen molar-refractivity contribution in [1.82, 2.24) is 0 Å². The number of benzene rings is 2. The summed E-state index contributed by atoms with van der Waals surface area (Å²) in [6.07, 6.45) is 0.310. The Bertz CT molecular complexity index is 484. The van der Waals surface area contributed by atoms with E-state index in [9.17, 15) is 4.79 Å². The molecule has 3 rings (SSSR count). The minimum atomic E-state index is -0.152. The zero-order chi connectivity index (χ0) is 12.4. The Labute approximate surface area is 106 Å². The molecular weight excluding hydrogens is 224 g/mol. The van der Waals surface area contributed by atoms with Crippen LogP contribution < -0.4 is 0 Å². The highest BCUT2D eigenvalue weighted by atomic mass is 16.5. The van der Waals surface area contributed by atoms with Crippen molar-refractivity contribution in [2.75, 3.05) is 0 Å². The van der Waals surface area contributed by atoms with Gasteiger partial charge in [0, 0.05) is 5.92 Å². The average Bonchev–Trinajstić information content (AvgIpc) is 2.83. The lowest BCUT2D eigenvalue weighted by atomic mass is 9.89. The molecule has 2 unspecified atom stereocenters. The third kappa shape index (κ3) is 2.02. The van der Waals surface area contributed by atoms with Crippen molar-refractivity contribution in [3.8, 4) is 0 Å². The molecule has 0 aliphatic carbocycles. The lowest BCUT2D eigenvalue weighted by Crippen LogP contribution is -2.05. The Morgan fingerprint density at radius 2 is 1.39 bits per heavy atom. The number of esters is 1. The van der Waals surface area contributed by atoms with Gasteiger partial charge in [-0.3, -0.25) is 4.79 Å². The molecule has 2 aromatic carbocycles. The van der Waals surface area contributed by atoms with Gasteiger partial charge in [-0.2, -0.15) is 0 Å². The number of rotatable bonds is 2. The fourth-order valence-corrected chi connectivity index (χ4v) is 2.49. The largest absolute Gasteiger partial charge is 0.457 e. The van der Waals surface area contributed by atoms with Crippen LogP contribution in [0.1, 0.15) is 29.6 Å². The topological polar surface area (TPSA) is 26.3 Å².